The smallest absolute Gasteiger partial charge is 0.307 e. The van der Waals surface area contributed by atoms with Gasteiger partial charge in [-0.1, -0.05) is 6.07 Å². The first-order valence-corrected chi connectivity index (χ1v) is 5.84. The molecule has 0 fully saturated rings. The molecule has 1 aromatic carbocycles. The van der Waals surface area contributed by atoms with E-state index in [-0.39, 0.29) is 5.76 Å². The molecule has 6 heteroatoms. The standard InChI is InChI=1S/C14H14N2O4/c1-18-11-6-3-5-10(13(11)19-2)9-15-16-14(17)12-7-4-8-20-12/h3-9H,1-2H3,(H,16,17)/b15-9+. The molecule has 1 heterocycles. The Kier molecular flexibility index (Phi) is 4.39. The van der Waals surface area contributed by atoms with Gasteiger partial charge in [-0.2, -0.15) is 5.10 Å². The summed E-state index contributed by atoms with van der Waals surface area (Å²) in [5, 5.41) is 3.86. The lowest BCUT2D eigenvalue weighted by atomic mass is 10.2. The summed E-state index contributed by atoms with van der Waals surface area (Å²) < 4.78 is 15.4. The summed E-state index contributed by atoms with van der Waals surface area (Å²) in [6, 6.07) is 8.55. The molecule has 104 valence electrons. The number of benzene rings is 1. The van der Waals surface area contributed by atoms with Crippen LogP contribution in [0.25, 0.3) is 0 Å². The summed E-state index contributed by atoms with van der Waals surface area (Å²) in [5.74, 6) is 0.910. The van der Waals surface area contributed by atoms with Gasteiger partial charge in [0.25, 0.3) is 0 Å². The molecule has 0 aliphatic heterocycles. The van der Waals surface area contributed by atoms with Crippen LogP contribution in [0.4, 0.5) is 0 Å². The third-order valence-corrected chi connectivity index (χ3v) is 2.55. The van der Waals surface area contributed by atoms with E-state index in [4.69, 9.17) is 13.9 Å². The maximum absolute atomic E-state index is 11.6. The fraction of sp³-hybridized carbons (Fsp3) is 0.143. The van der Waals surface area contributed by atoms with Gasteiger partial charge in [-0.25, -0.2) is 5.43 Å². The van der Waals surface area contributed by atoms with Gasteiger partial charge in [-0.15, -0.1) is 0 Å². The average Bonchev–Trinajstić information content (AvgIpc) is 3.01. The van der Waals surface area contributed by atoms with Gasteiger partial charge in [0, 0.05) is 5.56 Å². The van der Waals surface area contributed by atoms with Crippen LogP contribution in [0.15, 0.2) is 46.1 Å². The van der Waals surface area contributed by atoms with Crippen molar-refractivity contribution in [1.29, 1.82) is 0 Å². The minimum atomic E-state index is -0.423. The third kappa shape index (κ3) is 2.97. The lowest BCUT2D eigenvalue weighted by molar-refractivity contribution is 0.0927. The zero-order valence-electron chi connectivity index (χ0n) is 11.1. The number of carbonyl (C=O) groups excluding carboxylic acids is 1. The molecule has 0 atom stereocenters. The van der Waals surface area contributed by atoms with Crippen molar-refractivity contribution in [3.63, 3.8) is 0 Å². The van der Waals surface area contributed by atoms with E-state index in [0.29, 0.717) is 17.1 Å². The number of hydrazone groups is 1. The van der Waals surface area contributed by atoms with E-state index in [1.807, 2.05) is 0 Å². The number of nitrogens with zero attached hydrogens (tertiary/aromatic N) is 1. The molecular weight excluding hydrogens is 260 g/mol. The van der Waals surface area contributed by atoms with Crippen LogP contribution >= 0.6 is 0 Å². The molecule has 0 saturated carbocycles. The predicted molar refractivity (Wildman–Crippen MR) is 73.3 cm³/mol. The molecule has 0 spiro atoms. The minimum absolute atomic E-state index is 0.194. The number of furan rings is 1. The zero-order valence-corrected chi connectivity index (χ0v) is 11.1. The van der Waals surface area contributed by atoms with E-state index < -0.39 is 5.91 Å². The van der Waals surface area contributed by atoms with E-state index in [2.05, 4.69) is 10.5 Å². The predicted octanol–water partition coefficient (Wildman–Crippen LogP) is 2.06. The average molecular weight is 274 g/mol. The fourth-order valence-corrected chi connectivity index (χ4v) is 1.64. The van der Waals surface area contributed by atoms with Gasteiger partial charge in [0.15, 0.2) is 17.3 Å². The zero-order chi connectivity index (χ0) is 14.4. The molecule has 2 rings (SSSR count). The second-order valence-electron chi connectivity index (χ2n) is 3.76. The van der Waals surface area contributed by atoms with E-state index in [0.717, 1.165) is 0 Å². The van der Waals surface area contributed by atoms with E-state index >= 15 is 0 Å². The van der Waals surface area contributed by atoms with E-state index in [1.165, 1.54) is 19.6 Å². The van der Waals surface area contributed by atoms with Crippen LogP contribution in [0.2, 0.25) is 0 Å². The highest BCUT2D eigenvalue weighted by molar-refractivity contribution is 5.92. The monoisotopic (exact) mass is 274 g/mol. The van der Waals surface area contributed by atoms with Crippen molar-refractivity contribution in [2.24, 2.45) is 5.10 Å². The first kappa shape index (κ1) is 13.7. The quantitative estimate of drug-likeness (QED) is 0.669. The summed E-state index contributed by atoms with van der Waals surface area (Å²) in [4.78, 5) is 11.6. The Bertz CT molecular complexity index is 606. The topological polar surface area (TPSA) is 73.1 Å². The van der Waals surface area contributed by atoms with Crippen LogP contribution in [0, 0.1) is 0 Å². The number of ether oxygens (including phenoxy) is 2. The summed E-state index contributed by atoms with van der Waals surface area (Å²) in [7, 11) is 3.09. The number of carbonyl (C=O) groups is 1. The molecule has 1 aromatic heterocycles. The number of rotatable bonds is 5. The van der Waals surface area contributed by atoms with Crippen LogP contribution in [0.5, 0.6) is 11.5 Å². The van der Waals surface area contributed by atoms with E-state index in [1.54, 1.807) is 37.4 Å². The molecule has 20 heavy (non-hydrogen) atoms. The Balaban J connectivity index is 2.10. The van der Waals surface area contributed by atoms with Crippen molar-refractivity contribution in [2.45, 2.75) is 0 Å². The summed E-state index contributed by atoms with van der Waals surface area (Å²) in [6.07, 6.45) is 2.89. The summed E-state index contributed by atoms with van der Waals surface area (Å²) >= 11 is 0. The number of amides is 1. The van der Waals surface area contributed by atoms with Gasteiger partial charge in [0.1, 0.15) is 0 Å². The van der Waals surface area contributed by atoms with Crippen molar-refractivity contribution in [3.8, 4) is 11.5 Å². The van der Waals surface area contributed by atoms with Crippen LogP contribution in [0.3, 0.4) is 0 Å². The second-order valence-corrected chi connectivity index (χ2v) is 3.76. The molecule has 1 N–H and O–H groups in total. The Morgan fingerprint density at radius 2 is 2.10 bits per heavy atom. The highest BCUT2D eigenvalue weighted by Crippen LogP contribution is 2.29. The molecular formula is C14H14N2O4. The summed E-state index contributed by atoms with van der Waals surface area (Å²) in [5.41, 5.74) is 3.05. The van der Waals surface area contributed by atoms with Crippen LogP contribution < -0.4 is 14.9 Å². The van der Waals surface area contributed by atoms with Crippen LogP contribution in [-0.4, -0.2) is 26.3 Å². The molecule has 2 aromatic rings. The number of para-hydroxylation sites is 1. The largest absolute Gasteiger partial charge is 0.493 e. The van der Waals surface area contributed by atoms with Crippen molar-refractivity contribution < 1.29 is 18.7 Å². The second kappa shape index (κ2) is 6.42. The SMILES string of the molecule is COc1cccc(/C=N/NC(=O)c2ccco2)c1OC. The molecule has 0 aliphatic rings. The molecule has 1 amide bonds. The van der Waals surface area contributed by atoms with Crippen molar-refractivity contribution in [2.75, 3.05) is 14.2 Å². The van der Waals surface area contributed by atoms with E-state index in [9.17, 15) is 4.79 Å². The maximum Gasteiger partial charge on any atom is 0.307 e. The molecule has 0 unspecified atom stereocenters. The van der Waals surface area contributed by atoms with Crippen molar-refractivity contribution >= 4 is 12.1 Å². The molecule has 0 radical (unpaired) electrons. The Morgan fingerprint density at radius 1 is 1.25 bits per heavy atom. The van der Waals surface area contributed by atoms with Crippen LogP contribution in [-0.2, 0) is 0 Å². The van der Waals surface area contributed by atoms with Gasteiger partial charge in [0.05, 0.1) is 26.7 Å². The lowest BCUT2D eigenvalue weighted by Crippen LogP contribution is -2.16. The Labute approximate surface area is 116 Å². The normalized spacial score (nSPS) is 10.5. The highest BCUT2D eigenvalue weighted by atomic mass is 16.5. The molecule has 6 nitrogen and oxygen atoms in total. The van der Waals surface area contributed by atoms with Gasteiger partial charge < -0.3 is 13.9 Å². The van der Waals surface area contributed by atoms with Crippen molar-refractivity contribution in [1.82, 2.24) is 5.43 Å². The lowest BCUT2D eigenvalue weighted by Gasteiger charge is -2.09. The minimum Gasteiger partial charge on any atom is -0.493 e. The molecule has 0 saturated heterocycles. The third-order valence-electron chi connectivity index (χ3n) is 2.55. The molecule has 0 bridgehead atoms. The number of hydrogen-bond donors (Lipinski definition) is 1. The maximum atomic E-state index is 11.6. The van der Waals surface area contributed by atoms with Gasteiger partial charge in [-0.05, 0) is 24.3 Å². The number of nitrogens with one attached hydrogen (secondary N) is 1. The first-order valence-electron chi connectivity index (χ1n) is 5.84. The van der Waals surface area contributed by atoms with Crippen molar-refractivity contribution in [3.05, 3.63) is 47.9 Å². The Hall–Kier alpha value is -2.76. The van der Waals surface area contributed by atoms with Gasteiger partial charge in [-0.3, -0.25) is 4.79 Å². The highest BCUT2D eigenvalue weighted by Gasteiger charge is 2.08. The van der Waals surface area contributed by atoms with Gasteiger partial charge in [0.2, 0.25) is 0 Å². The number of methoxy groups -OCH3 is 2. The fourth-order valence-electron chi connectivity index (χ4n) is 1.64. The number of hydrogen-bond acceptors (Lipinski definition) is 5. The van der Waals surface area contributed by atoms with Gasteiger partial charge >= 0.3 is 5.91 Å². The van der Waals surface area contributed by atoms with Crippen LogP contribution in [0.1, 0.15) is 16.1 Å². The first-order chi connectivity index (χ1) is 9.76. The summed E-state index contributed by atoms with van der Waals surface area (Å²) in [6.45, 7) is 0. The molecule has 0 aliphatic carbocycles. The Morgan fingerprint density at radius 3 is 2.75 bits per heavy atom.